The maximum absolute atomic E-state index is 12.9. The summed E-state index contributed by atoms with van der Waals surface area (Å²) in [6.45, 7) is 0.00703. The number of oxime groups is 1. The van der Waals surface area contributed by atoms with Crippen molar-refractivity contribution in [3.8, 4) is 0 Å². The second-order valence-corrected chi connectivity index (χ2v) is 7.53. The smallest absolute Gasteiger partial charge is 0.187 e. The Kier molecular flexibility index (Phi) is 9.30. The summed E-state index contributed by atoms with van der Waals surface area (Å²) in [6, 6.07) is 18.9. The molecule has 0 heterocycles. The summed E-state index contributed by atoms with van der Waals surface area (Å²) in [7, 11) is 4.84. The van der Waals surface area contributed by atoms with Crippen LogP contribution in [0.4, 0.5) is 0 Å². The molecule has 8 heteroatoms. The molecule has 0 bridgehead atoms. The summed E-state index contributed by atoms with van der Waals surface area (Å²) in [6.07, 6.45) is 1.20. The minimum atomic E-state index is -0.349. The Morgan fingerprint density at radius 2 is 1.39 bits per heavy atom. The van der Waals surface area contributed by atoms with Crippen LogP contribution < -0.4 is 0 Å². The van der Waals surface area contributed by atoms with Crippen LogP contribution in [0.25, 0.3) is 0 Å². The average molecular weight is 456 g/mol. The first-order chi connectivity index (χ1) is 14.8. The lowest BCUT2D eigenvalue weighted by Gasteiger charge is -2.22. The minimum Gasteiger partial charge on any atom is -0.510 e. The Labute approximate surface area is 193 Å². The summed E-state index contributed by atoms with van der Waals surface area (Å²) in [4.78, 5) is 22.1. The van der Waals surface area contributed by atoms with Crippen LogP contribution in [0.2, 0.25) is 0 Å². The van der Waals surface area contributed by atoms with Crippen LogP contribution in [0.3, 0.4) is 0 Å². The van der Waals surface area contributed by atoms with Gasteiger partial charge in [-0.05, 0) is 0 Å². The molecule has 0 aliphatic carbocycles. The van der Waals surface area contributed by atoms with E-state index in [1.807, 2.05) is 60.7 Å². The Hall–Kier alpha value is -3.10. The largest absolute Gasteiger partial charge is 0.510 e. The zero-order valence-electron chi connectivity index (χ0n) is 17.7. The molecule has 31 heavy (non-hydrogen) atoms. The van der Waals surface area contributed by atoms with E-state index in [4.69, 9.17) is 29.3 Å². The molecule has 2 aromatic carbocycles. The lowest BCUT2D eigenvalue weighted by atomic mass is 10.1. The number of likely N-dealkylation sites (N-methyl/N-ethyl adjacent to an activating group) is 2. The van der Waals surface area contributed by atoms with Gasteiger partial charge in [-0.2, -0.15) is 0 Å². The van der Waals surface area contributed by atoms with Crippen molar-refractivity contribution in [2.45, 2.75) is 0 Å². The normalized spacial score (nSPS) is 11.6. The van der Waals surface area contributed by atoms with E-state index in [0.717, 1.165) is 11.1 Å². The van der Waals surface area contributed by atoms with Crippen LogP contribution in [0, 0.1) is 0 Å². The number of nitrogens with zero attached hydrogens (tertiary/aromatic N) is 3. The van der Waals surface area contributed by atoms with Gasteiger partial charge in [0.05, 0.1) is 24.9 Å². The summed E-state index contributed by atoms with van der Waals surface area (Å²) in [5.74, 6) is -0.510. The Balaban J connectivity index is 2.17. The van der Waals surface area contributed by atoms with E-state index in [9.17, 15) is 9.90 Å². The molecule has 0 aromatic heterocycles. The lowest BCUT2D eigenvalue weighted by molar-refractivity contribution is -0.115. The van der Waals surface area contributed by atoms with Crippen LogP contribution in [-0.4, -0.2) is 71.2 Å². The standard InChI is InChI=1S/C23H25N3O3S2/c1-25(22(30)17-10-6-4-7-11-17)15-20(27)19(14-24-29-3)21(28)16-26(2)23(31)18-12-8-5-9-13-18/h4-14,27H,15-16H2,1-3H3. The zero-order chi connectivity index (χ0) is 22.8. The van der Waals surface area contributed by atoms with Crippen molar-refractivity contribution in [3.05, 3.63) is 83.1 Å². The number of benzene rings is 2. The van der Waals surface area contributed by atoms with Crippen molar-refractivity contribution in [1.29, 1.82) is 0 Å². The maximum Gasteiger partial charge on any atom is 0.187 e. The molecule has 162 valence electrons. The number of carbonyl (C=O) groups is 1. The van der Waals surface area contributed by atoms with Crippen molar-refractivity contribution in [2.75, 3.05) is 34.3 Å². The average Bonchev–Trinajstić information content (AvgIpc) is 2.79. The van der Waals surface area contributed by atoms with Crippen LogP contribution in [-0.2, 0) is 9.63 Å². The molecule has 0 aliphatic rings. The first-order valence-corrected chi connectivity index (χ1v) is 10.3. The molecule has 0 saturated carbocycles. The Morgan fingerprint density at radius 1 is 0.935 bits per heavy atom. The quantitative estimate of drug-likeness (QED) is 0.204. The van der Waals surface area contributed by atoms with E-state index < -0.39 is 0 Å². The van der Waals surface area contributed by atoms with Crippen molar-refractivity contribution in [1.82, 2.24) is 9.80 Å². The first-order valence-electron chi connectivity index (χ1n) is 9.48. The molecule has 0 radical (unpaired) electrons. The van der Waals surface area contributed by atoms with Gasteiger partial charge in [-0.15, -0.1) is 0 Å². The highest BCUT2D eigenvalue weighted by Gasteiger charge is 2.20. The predicted molar refractivity (Wildman–Crippen MR) is 132 cm³/mol. The molecule has 0 saturated heterocycles. The van der Waals surface area contributed by atoms with E-state index >= 15 is 0 Å². The van der Waals surface area contributed by atoms with Gasteiger partial charge in [0.1, 0.15) is 22.8 Å². The van der Waals surface area contributed by atoms with Gasteiger partial charge in [0.25, 0.3) is 0 Å². The van der Waals surface area contributed by atoms with Gasteiger partial charge >= 0.3 is 0 Å². The molecule has 0 unspecified atom stereocenters. The molecule has 1 N–H and O–H groups in total. The highest BCUT2D eigenvalue weighted by Crippen LogP contribution is 2.11. The molecular weight excluding hydrogens is 430 g/mol. The van der Waals surface area contributed by atoms with E-state index in [-0.39, 0.29) is 30.2 Å². The SMILES string of the molecule is CON=CC(C(=O)CN(C)C(=S)c1ccccc1)=C(O)CN(C)C(=S)c1ccccc1. The predicted octanol–water partition coefficient (Wildman–Crippen LogP) is 3.61. The third kappa shape index (κ3) is 6.97. The van der Waals surface area contributed by atoms with Gasteiger partial charge in [0, 0.05) is 25.2 Å². The molecular formula is C23H25N3O3S2. The number of hydrogen-bond acceptors (Lipinski definition) is 6. The third-order valence-electron chi connectivity index (χ3n) is 4.40. The topological polar surface area (TPSA) is 65.4 Å². The zero-order valence-corrected chi connectivity index (χ0v) is 19.3. The van der Waals surface area contributed by atoms with Crippen LogP contribution in [0.1, 0.15) is 11.1 Å². The van der Waals surface area contributed by atoms with Crippen molar-refractivity contribution < 1.29 is 14.7 Å². The molecule has 0 atom stereocenters. The van der Waals surface area contributed by atoms with Gasteiger partial charge in [-0.3, -0.25) is 4.79 Å². The maximum atomic E-state index is 12.9. The van der Waals surface area contributed by atoms with Crippen molar-refractivity contribution in [3.63, 3.8) is 0 Å². The fraction of sp³-hybridized carbons (Fsp3) is 0.217. The molecule has 2 rings (SSSR count). The van der Waals surface area contributed by atoms with Crippen LogP contribution >= 0.6 is 24.4 Å². The van der Waals surface area contributed by atoms with Gasteiger partial charge in [0.2, 0.25) is 0 Å². The second kappa shape index (κ2) is 11.9. The fourth-order valence-electron chi connectivity index (χ4n) is 2.77. The molecule has 2 aromatic rings. The van der Waals surface area contributed by atoms with E-state index in [1.165, 1.54) is 13.3 Å². The summed E-state index contributed by atoms with van der Waals surface area (Å²) >= 11 is 11.0. The second-order valence-electron chi connectivity index (χ2n) is 6.76. The monoisotopic (exact) mass is 455 g/mol. The van der Waals surface area contributed by atoms with E-state index in [2.05, 4.69) is 5.16 Å². The number of rotatable bonds is 9. The fourth-order valence-corrected chi connectivity index (χ4v) is 3.17. The number of hydrogen-bond donors (Lipinski definition) is 1. The highest BCUT2D eigenvalue weighted by molar-refractivity contribution is 7.80. The molecule has 0 fully saturated rings. The minimum absolute atomic E-state index is 0.0320. The van der Waals surface area contributed by atoms with E-state index in [1.54, 1.807) is 23.9 Å². The molecule has 0 amide bonds. The van der Waals surface area contributed by atoms with Crippen molar-refractivity contribution in [2.24, 2.45) is 5.16 Å². The lowest BCUT2D eigenvalue weighted by Crippen LogP contribution is -2.34. The first kappa shape index (κ1) is 24.2. The number of carbonyl (C=O) groups excluding carboxylic acids is 1. The van der Waals surface area contributed by atoms with Gasteiger partial charge in [0.15, 0.2) is 5.78 Å². The number of aliphatic hydroxyl groups is 1. The van der Waals surface area contributed by atoms with Gasteiger partial charge < -0.3 is 19.7 Å². The summed E-state index contributed by atoms with van der Waals surface area (Å²) in [5.41, 5.74) is 1.72. The Bertz CT molecular complexity index is 976. The van der Waals surface area contributed by atoms with Crippen molar-refractivity contribution >= 4 is 46.4 Å². The van der Waals surface area contributed by atoms with Crippen LogP contribution in [0.5, 0.6) is 0 Å². The molecule has 6 nitrogen and oxygen atoms in total. The molecule has 0 spiro atoms. The Morgan fingerprint density at radius 3 is 1.84 bits per heavy atom. The number of thiocarbonyl (C=S) groups is 2. The van der Waals surface area contributed by atoms with Gasteiger partial charge in [-0.25, -0.2) is 0 Å². The summed E-state index contributed by atoms with van der Waals surface area (Å²) in [5, 5.41) is 14.4. The number of aliphatic hydroxyl groups excluding tert-OH is 1. The number of Topliss-reactive ketones (excluding diaryl/α,β-unsaturated/α-hetero) is 1. The summed E-state index contributed by atoms with van der Waals surface area (Å²) < 4.78 is 0. The van der Waals surface area contributed by atoms with E-state index in [0.29, 0.717) is 9.98 Å². The number of ketones is 1. The third-order valence-corrected chi connectivity index (χ3v) is 5.50. The molecule has 0 aliphatic heterocycles. The highest BCUT2D eigenvalue weighted by atomic mass is 32.1. The van der Waals surface area contributed by atoms with Crippen LogP contribution in [0.15, 0.2) is 77.2 Å². The van der Waals surface area contributed by atoms with Gasteiger partial charge in [-0.1, -0.05) is 90.3 Å².